The van der Waals surface area contributed by atoms with Crippen LogP contribution in [0.1, 0.15) is 39.0 Å². The van der Waals surface area contributed by atoms with Gasteiger partial charge in [-0.1, -0.05) is 0 Å². The van der Waals surface area contributed by atoms with Crippen molar-refractivity contribution in [3.8, 4) is 0 Å². The largest absolute Gasteiger partial charge is 0.481 e. The van der Waals surface area contributed by atoms with E-state index in [9.17, 15) is 4.79 Å². The molecule has 1 rings (SSSR count). The van der Waals surface area contributed by atoms with Gasteiger partial charge in [-0.25, -0.2) is 0 Å². The van der Waals surface area contributed by atoms with Crippen LogP contribution in [-0.4, -0.2) is 34.7 Å². The normalized spacial score (nSPS) is 28.7. The SMILES string of the molecule is CSC1CCC(NC(C)CC(=O)O)CC1. The summed E-state index contributed by atoms with van der Waals surface area (Å²) in [5.41, 5.74) is 0. The molecule has 15 heavy (non-hydrogen) atoms. The summed E-state index contributed by atoms with van der Waals surface area (Å²) in [6.07, 6.45) is 7.30. The van der Waals surface area contributed by atoms with E-state index in [0.717, 1.165) is 5.25 Å². The number of nitrogens with one attached hydrogen (secondary N) is 1. The van der Waals surface area contributed by atoms with E-state index in [1.807, 2.05) is 18.7 Å². The van der Waals surface area contributed by atoms with Crippen LogP contribution in [0.15, 0.2) is 0 Å². The molecule has 1 fully saturated rings. The van der Waals surface area contributed by atoms with Crippen LogP contribution >= 0.6 is 11.8 Å². The number of aliphatic carboxylic acids is 1. The minimum Gasteiger partial charge on any atom is -0.481 e. The maximum Gasteiger partial charge on any atom is 0.304 e. The van der Waals surface area contributed by atoms with E-state index < -0.39 is 5.97 Å². The Bertz CT molecular complexity index is 203. The van der Waals surface area contributed by atoms with Crippen LogP contribution < -0.4 is 5.32 Å². The number of carboxylic acid groups (broad SMARTS) is 1. The summed E-state index contributed by atoms with van der Waals surface area (Å²) in [5, 5.41) is 12.9. The summed E-state index contributed by atoms with van der Waals surface area (Å²) < 4.78 is 0. The van der Waals surface area contributed by atoms with Crippen molar-refractivity contribution in [3.63, 3.8) is 0 Å². The second-order valence-electron chi connectivity index (χ2n) is 4.37. The van der Waals surface area contributed by atoms with Crippen LogP contribution in [-0.2, 0) is 4.79 Å². The van der Waals surface area contributed by atoms with Crippen molar-refractivity contribution in [2.24, 2.45) is 0 Å². The van der Waals surface area contributed by atoms with Gasteiger partial charge in [0.05, 0.1) is 6.42 Å². The number of thioether (sulfide) groups is 1. The maximum absolute atomic E-state index is 10.5. The Kier molecular flexibility index (Phi) is 5.47. The maximum atomic E-state index is 10.5. The van der Waals surface area contributed by atoms with Gasteiger partial charge in [0.15, 0.2) is 0 Å². The molecule has 0 radical (unpaired) electrons. The Labute approximate surface area is 96.0 Å². The van der Waals surface area contributed by atoms with E-state index in [1.165, 1.54) is 25.7 Å². The lowest BCUT2D eigenvalue weighted by Crippen LogP contribution is -2.40. The molecule has 1 saturated carbocycles. The Balaban J connectivity index is 2.20. The first kappa shape index (κ1) is 12.8. The number of hydrogen-bond donors (Lipinski definition) is 2. The average Bonchev–Trinajstić information content (AvgIpc) is 2.17. The van der Waals surface area contributed by atoms with Crippen LogP contribution in [0.4, 0.5) is 0 Å². The molecular weight excluding hydrogens is 210 g/mol. The summed E-state index contributed by atoms with van der Waals surface area (Å²) in [6.45, 7) is 1.95. The van der Waals surface area contributed by atoms with E-state index in [-0.39, 0.29) is 12.5 Å². The van der Waals surface area contributed by atoms with Gasteiger partial charge >= 0.3 is 5.97 Å². The summed E-state index contributed by atoms with van der Waals surface area (Å²) in [4.78, 5) is 10.5. The van der Waals surface area contributed by atoms with Crippen molar-refractivity contribution in [1.82, 2.24) is 5.32 Å². The quantitative estimate of drug-likeness (QED) is 0.761. The molecule has 0 aromatic heterocycles. The van der Waals surface area contributed by atoms with Gasteiger partial charge in [-0.15, -0.1) is 0 Å². The molecule has 2 N–H and O–H groups in total. The van der Waals surface area contributed by atoms with Gasteiger partial charge in [0.1, 0.15) is 0 Å². The van der Waals surface area contributed by atoms with Crippen molar-refractivity contribution >= 4 is 17.7 Å². The zero-order valence-electron chi connectivity index (χ0n) is 9.53. The van der Waals surface area contributed by atoms with Crippen molar-refractivity contribution in [2.45, 2.75) is 56.4 Å². The molecule has 0 heterocycles. The zero-order chi connectivity index (χ0) is 11.3. The lowest BCUT2D eigenvalue weighted by atomic mass is 9.94. The fraction of sp³-hybridized carbons (Fsp3) is 0.909. The molecule has 0 aromatic carbocycles. The summed E-state index contributed by atoms with van der Waals surface area (Å²) in [6, 6.07) is 0.626. The fourth-order valence-electron chi connectivity index (χ4n) is 2.19. The van der Waals surface area contributed by atoms with Crippen molar-refractivity contribution in [2.75, 3.05) is 6.26 Å². The highest BCUT2D eigenvalue weighted by Crippen LogP contribution is 2.27. The minimum absolute atomic E-state index is 0.0957. The molecule has 1 atom stereocenters. The first-order valence-corrected chi connectivity index (χ1v) is 6.91. The second kappa shape index (κ2) is 6.38. The van der Waals surface area contributed by atoms with Crippen molar-refractivity contribution in [3.05, 3.63) is 0 Å². The fourth-order valence-corrected chi connectivity index (χ4v) is 2.93. The molecule has 0 bridgehead atoms. The smallest absolute Gasteiger partial charge is 0.304 e. The third-order valence-electron chi connectivity index (χ3n) is 3.01. The second-order valence-corrected chi connectivity index (χ2v) is 5.51. The average molecular weight is 231 g/mol. The molecule has 1 unspecified atom stereocenters. The number of carbonyl (C=O) groups is 1. The first-order chi connectivity index (χ1) is 7.11. The molecule has 1 aliphatic carbocycles. The molecule has 4 heteroatoms. The van der Waals surface area contributed by atoms with Crippen LogP contribution in [0, 0.1) is 0 Å². The molecule has 0 amide bonds. The Morgan fingerprint density at radius 3 is 2.53 bits per heavy atom. The molecule has 3 nitrogen and oxygen atoms in total. The highest BCUT2D eigenvalue weighted by atomic mass is 32.2. The summed E-state index contributed by atoms with van der Waals surface area (Å²) in [5.74, 6) is -0.715. The number of carboxylic acids is 1. The lowest BCUT2D eigenvalue weighted by Gasteiger charge is -2.30. The lowest BCUT2D eigenvalue weighted by molar-refractivity contribution is -0.137. The predicted octanol–water partition coefficient (Wildman–Crippen LogP) is 2.11. The van der Waals surface area contributed by atoms with E-state index in [2.05, 4.69) is 11.6 Å². The number of rotatable bonds is 5. The van der Waals surface area contributed by atoms with E-state index >= 15 is 0 Å². The molecule has 0 aliphatic heterocycles. The molecular formula is C11H21NO2S. The third kappa shape index (κ3) is 4.89. The molecule has 0 spiro atoms. The van der Waals surface area contributed by atoms with Gasteiger partial charge in [-0.3, -0.25) is 4.79 Å². The van der Waals surface area contributed by atoms with Gasteiger partial charge in [0.2, 0.25) is 0 Å². The van der Waals surface area contributed by atoms with E-state index in [4.69, 9.17) is 5.11 Å². The highest BCUT2D eigenvalue weighted by Gasteiger charge is 2.21. The summed E-state index contributed by atoms with van der Waals surface area (Å²) in [7, 11) is 0. The van der Waals surface area contributed by atoms with Gasteiger partial charge < -0.3 is 10.4 Å². The van der Waals surface area contributed by atoms with Crippen molar-refractivity contribution < 1.29 is 9.90 Å². The number of hydrogen-bond acceptors (Lipinski definition) is 3. The van der Waals surface area contributed by atoms with Gasteiger partial charge in [-0.05, 0) is 38.9 Å². The first-order valence-electron chi connectivity index (χ1n) is 5.62. The van der Waals surface area contributed by atoms with Gasteiger partial charge in [0, 0.05) is 17.3 Å². The van der Waals surface area contributed by atoms with Crippen LogP contribution in [0.5, 0.6) is 0 Å². The van der Waals surface area contributed by atoms with Crippen LogP contribution in [0.3, 0.4) is 0 Å². The minimum atomic E-state index is -0.715. The zero-order valence-corrected chi connectivity index (χ0v) is 10.3. The Hall–Kier alpha value is -0.220. The standard InChI is InChI=1S/C11H21NO2S/c1-8(7-11(13)14)12-9-3-5-10(15-2)6-4-9/h8-10,12H,3-7H2,1-2H3,(H,13,14). The molecule has 1 aliphatic rings. The van der Waals surface area contributed by atoms with Gasteiger partial charge in [0.25, 0.3) is 0 Å². The topological polar surface area (TPSA) is 49.3 Å². The summed E-state index contributed by atoms with van der Waals surface area (Å²) >= 11 is 1.96. The molecule has 0 saturated heterocycles. The van der Waals surface area contributed by atoms with Crippen LogP contribution in [0.25, 0.3) is 0 Å². The monoisotopic (exact) mass is 231 g/mol. The molecule has 88 valence electrons. The van der Waals surface area contributed by atoms with E-state index in [0.29, 0.717) is 6.04 Å². The van der Waals surface area contributed by atoms with E-state index in [1.54, 1.807) is 0 Å². The van der Waals surface area contributed by atoms with Gasteiger partial charge in [-0.2, -0.15) is 11.8 Å². The third-order valence-corrected chi connectivity index (χ3v) is 4.15. The van der Waals surface area contributed by atoms with Crippen molar-refractivity contribution in [1.29, 1.82) is 0 Å². The molecule has 0 aromatic rings. The Morgan fingerprint density at radius 1 is 1.47 bits per heavy atom. The predicted molar refractivity (Wildman–Crippen MR) is 64.4 cm³/mol. The van der Waals surface area contributed by atoms with Crippen LogP contribution in [0.2, 0.25) is 0 Å². The highest BCUT2D eigenvalue weighted by molar-refractivity contribution is 7.99. The Morgan fingerprint density at radius 2 is 2.07 bits per heavy atom.